The van der Waals surface area contributed by atoms with Crippen LogP contribution in [-0.2, 0) is 35.1 Å². The minimum atomic E-state index is 0. The zero-order chi connectivity index (χ0) is 31.9. The molecule has 0 radical (unpaired) electrons. The van der Waals surface area contributed by atoms with E-state index in [1.165, 1.54) is 89.7 Å². The van der Waals surface area contributed by atoms with E-state index in [1.807, 2.05) is 0 Å². The van der Waals surface area contributed by atoms with E-state index in [1.54, 1.807) is 5.57 Å². The van der Waals surface area contributed by atoms with Gasteiger partial charge in [-0.2, -0.15) is 11.1 Å². The molecule has 0 fully saturated rings. The molecule has 0 atom stereocenters. The van der Waals surface area contributed by atoms with E-state index in [9.17, 15) is 0 Å². The fraction of sp³-hybridized carbons (Fsp3) is 0.302. The molecule has 0 spiro atoms. The summed E-state index contributed by atoms with van der Waals surface area (Å²) >= 11 is 1.46. The summed E-state index contributed by atoms with van der Waals surface area (Å²) in [6, 6.07) is 37.3. The van der Waals surface area contributed by atoms with Gasteiger partial charge in [0.15, 0.2) is 0 Å². The molecule has 0 heterocycles. The van der Waals surface area contributed by atoms with E-state index < -0.39 is 0 Å². The van der Waals surface area contributed by atoms with Crippen LogP contribution in [0.1, 0.15) is 96.9 Å². The number of rotatable bonds is 4. The first-order chi connectivity index (χ1) is 20.9. The van der Waals surface area contributed by atoms with Gasteiger partial charge in [-0.3, -0.25) is 6.08 Å². The van der Waals surface area contributed by atoms with Crippen LogP contribution in [0.4, 0.5) is 0 Å². The molecule has 0 saturated heterocycles. The molecule has 5 aromatic carbocycles. The van der Waals surface area contributed by atoms with Gasteiger partial charge < -0.3 is 24.8 Å². The van der Waals surface area contributed by atoms with Crippen LogP contribution in [0.2, 0.25) is 0 Å². The van der Waals surface area contributed by atoms with Gasteiger partial charge in [0.1, 0.15) is 0 Å². The van der Waals surface area contributed by atoms with E-state index in [4.69, 9.17) is 0 Å². The molecule has 1 aliphatic carbocycles. The zero-order valence-corrected chi connectivity index (χ0v) is 32.7. The Morgan fingerprint density at radius 2 is 1.09 bits per heavy atom. The molecule has 1 aliphatic rings. The summed E-state index contributed by atoms with van der Waals surface area (Å²) in [5.41, 5.74) is 8.97. The van der Waals surface area contributed by atoms with Crippen LogP contribution in [0.5, 0.6) is 0 Å². The zero-order valence-electron chi connectivity index (χ0n) is 28.8. The van der Waals surface area contributed by atoms with Crippen molar-refractivity contribution in [2.24, 2.45) is 0 Å². The summed E-state index contributed by atoms with van der Waals surface area (Å²) in [6.07, 6.45) is 8.82. The van der Waals surface area contributed by atoms with Crippen LogP contribution in [0.25, 0.3) is 21.5 Å². The number of hydrogen-bond acceptors (Lipinski definition) is 0. The normalized spacial score (nSPS) is 12.5. The van der Waals surface area contributed by atoms with Gasteiger partial charge in [0.2, 0.25) is 0 Å². The third-order valence-corrected chi connectivity index (χ3v) is 9.83. The third-order valence-electron chi connectivity index (χ3n) is 8.41. The Labute approximate surface area is 305 Å². The first kappa shape index (κ1) is 39.7. The van der Waals surface area contributed by atoms with Gasteiger partial charge in [-0.05, 0) is 10.8 Å². The number of fused-ring (bicyclic) bond motifs is 3. The van der Waals surface area contributed by atoms with Gasteiger partial charge in [0.25, 0.3) is 0 Å². The van der Waals surface area contributed by atoms with Crippen LogP contribution in [0.15, 0.2) is 120 Å². The van der Waals surface area contributed by atoms with E-state index in [-0.39, 0.29) is 35.6 Å². The first-order valence-electron chi connectivity index (χ1n) is 16.0. The summed E-state index contributed by atoms with van der Waals surface area (Å²) in [5.74, 6) is 0. The number of hydrogen-bond donors (Lipinski definition) is 0. The van der Waals surface area contributed by atoms with E-state index in [0.717, 1.165) is 6.42 Å². The molecule has 0 bridgehead atoms. The number of halogens is 2. The quantitative estimate of drug-likeness (QED) is 0.200. The van der Waals surface area contributed by atoms with Gasteiger partial charge in [-0.1, -0.05) is 104 Å². The molecular weight excluding hydrogens is 679 g/mol. The number of allylic oxidation sites excluding steroid dienone is 4. The number of benzene rings is 4. The third kappa shape index (κ3) is 10.3. The Bertz CT molecular complexity index is 1650. The fourth-order valence-corrected chi connectivity index (χ4v) is 6.37. The predicted octanol–water partition coefficient (Wildman–Crippen LogP) is 5.98. The van der Waals surface area contributed by atoms with Gasteiger partial charge >= 0.3 is 99.2 Å². The van der Waals surface area contributed by atoms with Gasteiger partial charge in [0, 0.05) is 0 Å². The standard InChI is InChI=1S/C21H25.C13H10.C9H13.2ClH.Zr/c1-20(2,3)16-7-9-18-14(12-16)11-15-13-17(21(4,5)6)8-10-19(15)18;1-3-7-12(8-4-1)11-13-9-5-2-6-10-13;1-3-8-6-5-7-9(8)4-2;;;/h7-13H,1-6H3;1-10H;6H,3-4,7H2,1-2H3;2*1H;/q-1;;-1;;;+2/p-2. The summed E-state index contributed by atoms with van der Waals surface area (Å²) in [4.78, 5) is 0. The molecule has 0 saturated carbocycles. The molecule has 46 heavy (non-hydrogen) atoms. The van der Waals surface area contributed by atoms with Gasteiger partial charge in [-0.25, -0.2) is 6.08 Å². The van der Waals surface area contributed by atoms with Crippen LogP contribution in [0, 0.1) is 6.08 Å². The molecule has 3 heteroatoms. The van der Waals surface area contributed by atoms with Crippen molar-refractivity contribution in [2.75, 3.05) is 0 Å². The average Bonchev–Trinajstić information content (AvgIpc) is 3.64. The molecular formula is C43H48Cl2Zr-2. The molecule has 6 rings (SSSR count). The van der Waals surface area contributed by atoms with E-state index in [2.05, 4.69) is 171 Å². The second-order valence-corrected chi connectivity index (χ2v) is 14.9. The molecule has 5 aromatic rings. The van der Waals surface area contributed by atoms with Crippen LogP contribution in [-0.4, -0.2) is 3.21 Å². The molecule has 0 nitrogen and oxygen atoms in total. The van der Waals surface area contributed by atoms with E-state index in [0.29, 0.717) is 0 Å². The van der Waals surface area contributed by atoms with Crippen LogP contribution >= 0.6 is 0 Å². The fourth-order valence-electron chi connectivity index (χ4n) is 5.55. The molecule has 0 N–H and O–H groups in total. The molecule has 0 aliphatic heterocycles. The predicted molar refractivity (Wildman–Crippen MR) is 191 cm³/mol. The molecule has 240 valence electrons. The van der Waals surface area contributed by atoms with Crippen molar-refractivity contribution in [3.8, 4) is 0 Å². The average molecular weight is 727 g/mol. The Hall–Kier alpha value is -2.44. The summed E-state index contributed by atoms with van der Waals surface area (Å²) in [5, 5.41) is 5.48. The van der Waals surface area contributed by atoms with Crippen molar-refractivity contribution in [2.45, 2.75) is 85.5 Å². The minimum absolute atomic E-state index is 0. The van der Waals surface area contributed by atoms with E-state index >= 15 is 0 Å². The van der Waals surface area contributed by atoms with Crippen LogP contribution < -0.4 is 24.8 Å². The van der Waals surface area contributed by atoms with Gasteiger partial charge in [-0.15, -0.1) is 46.2 Å². The Kier molecular flexibility index (Phi) is 15.2. The van der Waals surface area contributed by atoms with Crippen molar-refractivity contribution in [3.63, 3.8) is 0 Å². The van der Waals surface area contributed by atoms with Gasteiger partial charge in [0.05, 0.1) is 0 Å². The summed E-state index contributed by atoms with van der Waals surface area (Å²) < 4.78 is 1.42. The summed E-state index contributed by atoms with van der Waals surface area (Å²) in [6.45, 7) is 18.1. The molecule has 0 unspecified atom stereocenters. The Balaban J connectivity index is 0.000000256. The Morgan fingerprint density at radius 3 is 1.43 bits per heavy atom. The molecule has 0 aromatic heterocycles. The van der Waals surface area contributed by atoms with Crippen LogP contribution in [0.3, 0.4) is 0 Å². The topological polar surface area (TPSA) is 0 Å². The first-order valence-corrected chi connectivity index (χ1v) is 17.3. The molecule has 0 amide bonds. The second-order valence-electron chi connectivity index (χ2n) is 13.7. The monoisotopic (exact) mass is 724 g/mol. The van der Waals surface area contributed by atoms with Crippen molar-refractivity contribution in [3.05, 3.63) is 149 Å². The van der Waals surface area contributed by atoms with Crippen molar-refractivity contribution in [1.29, 1.82) is 0 Å². The maximum absolute atomic E-state index is 3.23. The SMILES string of the molecule is CC(C)(C)c1ccc2c(c1)[cH-]c1cc(C(C)(C)C)ccc12.CCC1=C(CC)C[C-]=C1.[Cl-].[Cl-].[Zr+2]=[C](c1ccccc1)c1ccccc1. The summed E-state index contributed by atoms with van der Waals surface area (Å²) in [7, 11) is 0. The van der Waals surface area contributed by atoms with Crippen molar-refractivity contribution >= 4 is 24.8 Å². The van der Waals surface area contributed by atoms with Crippen molar-refractivity contribution in [1.82, 2.24) is 0 Å². The maximum atomic E-state index is 3.23. The Morgan fingerprint density at radius 1 is 0.652 bits per heavy atom. The van der Waals surface area contributed by atoms with Crippen molar-refractivity contribution < 1.29 is 49.0 Å². The second kappa shape index (κ2) is 17.6.